The first-order valence-corrected chi connectivity index (χ1v) is 7.94. The SMILES string of the molecule is CC.CC.CN(C)[C@]1(c2ccccc2)CCCCC1=O. The Morgan fingerprint density at radius 2 is 1.50 bits per heavy atom. The highest BCUT2D eigenvalue weighted by Gasteiger charge is 2.42. The molecule has 2 heteroatoms. The van der Waals surface area contributed by atoms with E-state index in [1.165, 1.54) is 0 Å². The van der Waals surface area contributed by atoms with Gasteiger partial charge in [-0.25, -0.2) is 0 Å². The number of likely N-dealkylation sites (N-methyl/N-ethyl adjacent to an activating group) is 1. The average Bonchev–Trinajstić information content (AvgIpc) is 2.52. The summed E-state index contributed by atoms with van der Waals surface area (Å²) in [5, 5.41) is 0. The summed E-state index contributed by atoms with van der Waals surface area (Å²) in [6, 6.07) is 10.2. The van der Waals surface area contributed by atoms with Crippen molar-refractivity contribution in [1.82, 2.24) is 4.90 Å². The van der Waals surface area contributed by atoms with Gasteiger partial charge < -0.3 is 0 Å². The number of carbonyl (C=O) groups excluding carboxylic acids is 1. The van der Waals surface area contributed by atoms with E-state index in [9.17, 15) is 4.79 Å². The minimum Gasteiger partial charge on any atom is -0.297 e. The Labute approximate surface area is 125 Å². The molecule has 1 aliphatic rings. The molecular weight excluding hydrogens is 246 g/mol. The zero-order valence-electron chi connectivity index (χ0n) is 14.1. The van der Waals surface area contributed by atoms with E-state index in [0.29, 0.717) is 12.2 Å². The highest BCUT2D eigenvalue weighted by Crippen LogP contribution is 2.38. The summed E-state index contributed by atoms with van der Waals surface area (Å²) in [6.45, 7) is 8.00. The summed E-state index contributed by atoms with van der Waals surface area (Å²) in [7, 11) is 4.02. The Kier molecular flexibility index (Phi) is 9.15. The summed E-state index contributed by atoms with van der Waals surface area (Å²) in [5.41, 5.74) is 0.768. The van der Waals surface area contributed by atoms with Gasteiger partial charge in [0.25, 0.3) is 0 Å². The maximum Gasteiger partial charge on any atom is 0.157 e. The van der Waals surface area contributed by atoms with Crippen molar-refractivity contribution >= 4 is 5.78 Å². The Morgan fingerprint density at radius 1 is 0.950 bits per heavy atom. The fraction of sp³-hybridized carbons (Fsp3) is 0.611. The van der Waals surface area contributed by atoms with Crippen LogP contribution in [0.5, 0.6) is 0 Å². The molecule has 0 heterocycles. The van der Waals surface area contributed by atoms with E-state index < -0.39 is 0 Å². The van der Waals surface area contributed by atoms with Crippen molar-refractivity contribution in [2.24, 2.45) is 0 Å². The van der Waals surface area contributed by atoms with E-state index in [1.807, 2.05) is 60.0 Å². The third kappa shape index (κ3) is 3.92. The minimum absolute atomic E-state index is 0.370. The molecule has 1 atom stereocenters. The summed E-state index contributed by atoms with van der Waals surface area (Å²) in [5.74, 6) is 0.370. The minimum atomic E-state index is -0.375. The van der Waals surface area contributed by atoms with Crippen molar-refractivity contribution in [1.29, 1.82) is 0 Å². The second-order valence-corrected chi connectivity index (χ2v) is 4.75. The van der Waals surface area contributed by atoms with Crippen LogP contribution in [-0.4, -0.2) is 24.8 Å². The zero-order chi connectivity index (χ0) is 15.6. The van der Waals surface area contributed by atoms with E-state index in [4.69, 9.17) is 0 Å². The maximum atomic E-state index is 12.3. The molecule has 20 heavy (non-hydrogen) atoms. The second kappa shape index (κ2) is 9.71. The van der Waals surface area contributed by atoms with Gasteiger partial charge >= 0.3 is 0 Å². The predicted molar refractivity (Wildman–Crippen MR) is 88.0 cm³/mol. The van der Waals surface area contributed by atoms with Gasteiger partial charge in [0.05, 0.1) is 0 Å². The van der Waals surface area contributed by atoms with Gasteiger partial charge in [0, 0.05) is 6.42 Å². The van der Waals surface area contributed by atoms with E-state index in [1.54, 1.807) is 0 Å². The fourth-order valence-electron chi connectivity index (χ4n) is 2.76. The number of carbonyl (C=O) groups is 1. The lowest BCUT2D eigenvalue weighted by molar-refractivity contribution is -0.133. The monoisotopic (exact) mass is 277 g/mol. The highest BCUT2D eigenvalue weighted by molar-refractivity contribution is 5.90. The van der Waals surface area contributed by atoms with Crippen LogP contribution in [0.3, 0.4) is 0 Å². The highest BCUT2D eigenvalue weighted by atomic mass is 16.1. The normalized spacial score (nSPS) is 21.4. The molecule has 0 aliphatic heterocycles. The third-order valence-corrected chi connectivity index (χ3v) is 3.67. The van der Waals surface area contributed by atoms with Gasteiger partial charge in [0.1, 0.15) is 5.54 Å². The van der Waals surface area contributed by atoms with Gasteiger partial charge in [-0.2, -0.15) is 0 Å². The first kappa shape index (κ1) is 18.9. The van der Waals surface area contributed by atoms with Gasteiger partial charge in [0.2, 0.25) is 0 Å². The predicted octanol–water partition coefficient (Wildman–Crippen LogP) is 4.64. The largest absolute Gasteiger partial charge is 0.297 e. The van der Waals surface area contributed by atoms with Gasteiger partial charge in [-0.3, -0.25) is 9.69 Å². The zero-order valence-corrected chi connectivity index (χ0v) is 14.1. The third-order valence-electron chi connectivity index (χ3n) is 3.67. The molecule has 2 nitrogen and oxygen atoms in total. The van der Waals surface area contributed by atoms with Crippen LogP contribution in [0.15, 0.2) is 30.3 Å². The summed E-state index contributed by atoms with van der Waals surface area (Å²) >= 11 is 0. The molecule has 0 bridgehead atoms. The molecule has 0 aromatic heterocycles. The van der Waals surface area contributed by atoms with Crippen LogP contribution in [0.1, 0.15) is 58.9 Å². The van der Waals surface area contributed by atoms with Gasteiger partial charge in [0.15, 0.2) is 5.78 Å². The van der Waals surface area contributed by atoms with Gasteiger partial charge in [-0.1, -0.05) is 64.4 Å². The molecule has 0 saturated heterocycles. The van der Waals surface area contributed by atoms with E-state index >= 15 is 0 Å². The van der Waals surface area contributed by atoms with Crippen LogP contribution in [0, 0.1) is 0 Å². The summed E-state index contributed by atoms with van der Waals surface area (Å²) in [4.78, 5) is 14.4. The fourth-order valence-corrected chi connectivity index (χ4v) is 2.76. The van der Waals surface area contributed by atoms with Crippen LogP contribution < -0.4 is 0 Å². The Balaban J connectivity index is 0.000000829. The standard InChI is InChI=1S/C14H19NO.2C2H6/c1-15(2)14(11-7-6-10-13(14)16)12-8-4-3-5-9-12;2*1-2/h3-5,8-9H,6-7,10-11H2,1-2H3;2*1-2H3/t14-;;/m0../s1. The number of nitrogens with zero attached hydrogens (tertiary/aromatic N) is 1. The van der Waals surface area contributed by atoms with Crippen molar-refractivity contribution in [2.45, 2.75) is 58.9 Å². The lowest BCUT2D eigenvalue weighted by atomic mass is 9.74. The Hall–Kier alpha value is -1.15. The summed E-state index contributed by atoms with van der Waals surface area (Å²) in [6.07, 6.45) is 3.84. The Bertz CT molecular complexity index is 372. The smallest absolute Gasteiger partial charge is 0.157 e. The molecular formula is C18H31NO. The molecule has 1 saturated carbocycles. The number of benzene rings is 1. The van der Waals surface area contributed by atoms with Crippen LogP contribution in [0.4, 0.5) is 0 Å². The Morgan fingerprint density at radius 3 is 1.95 bits per heavy atom. The average molecular weight is 277 g/mol. The molecule has 1 aromatic rings. The quantitative estimate of drug-likeness (QED) is 0.785. The van der Waals surface area contributed by atoms with Crippen molar-refractivity contribution in [2.75, 3.05) is 14.1 Å². The number of ketones is 1. The first-order valence-electron chi connectivity index (χ1n) is 7.94. The van der Waals surface area contributed by atoms with E-state index in [2.05, 4.69) is 17.0 Å². The molecule has 0 spiro atoms. The molecule has 0 radical (unpaired) electrons. The molecule has 114 valence electrons. The van der Waals surface area contributed by atoms with E-state index in [-0.39, 0.29) is 5.54 Å². The maximum absolute atomic E-state index is 12.3. The molecule has 0 unspecified atom stereocenters. The van der Waals surface area contributed by atoms with Gasteiger partial charge in [-0.05, 0) is 32.5 Å². The van der Waals surface area contributed by atoms with Crippen LogP contribution in [-0.2, 0) is 10.3 Å². The summed E-state index contributed by atoms with van der Waals surface area (Å²) < 4.78 is 0. The van der Waals surface area contributed by atoms with Crippen LogP contribution in [0.2, 0.25) is 0 Å². The first-order chi connectivity index (χ1) is 9.68. The van der Waals surface area contributed by atoms with Crippen molar-refractivity contribution in [3.8, 4) is 0 Å². The van der Waals surface area contributed by atoms with Gasteiger partial charge in [-0.15, -0.1) is 0 Å². The molecule has 2 rings (SSSR count). The number of hydrogen-bond acceptors (Lipinski definition) is 2. The number of rotatable bonds is 2. The lowest BCUT2D eigenvalue weighted by Gasteiger charge is -2.41. The van der Waals surface area contributed by atoms with E-state index in [0.717, 1.165) is 24.8 Å². The van der Waals surface area contributed by atoms with Crippen LogP contribution in [0.25, 0.3) is 0 Å². The molecule has 0 amide bonds. The molecule has 1 fully saturated rings. The molecule has 0 N–H and O–H groups in total. The van der Waals surface area contributed by atoms with Crippen molar-refractivity contribution in [3.63, 3.8) is 0 Å². The van der Waals surface area contributed by atoms with Crippen LogP contribution >= 0.6 is 0 Å². The molecule has 1 aromatic carbocycles. The topological polar surface area (TPSA) is 20.3 Å². The molecule has 1 aliphatic carbocycles. The lowest BCUT2D eigenvalue weighted by Crippen LogP contribution is -2.50. The number of hydrogen-bond donors (Lipinski definition) is 0. The van der Waals surface area contributed by atoms with Crippen molar-refractivity contribution < 1.29 is 4.79 Å². The second-order valence-electron chi connectivity index (χ2n) is 4.75. The van der Waals surface area contributed by atoms with Crippen molar-refractivity contribution in [3.05, 3.63) is 35.9 Å². The number of Topliss-reactive ketones (excluding diaryl/α,β-unsaturated/α-hetero) is 1.